The minimum atomic E-state index is -0.169. The Hall–Kier alpha value is -2.37. The van der Waals surface area contributed by atoms with E-state index in [2.05, 4.69) is 10.2 Å². The summed E-state index contributed by atoms with van der Waals surface area (Å²) >= 11 is 0. The van der Waals surface area contributed by atoms with E-state index in [1.54, 1.807) is 0 Å². The lowest BCUT2D eigenvalue weighted by Gasteiger charge is -2.31. The molecule has 0 aromatic heterocycles. The molecular formula is C20H24N2O3. The van der Waals surface area contributed by atoms with Crippen LogP contribution in [0.5, 0.6) is 5.75 Å². The van der Waals surface area contributed by atoms with Crippen LogP contribution in [-0.2, 0) is 16.1 Å². The number of anilines is 1. The van der Waals surface area contributed by atoms with Crippen molar-refractivity contribution in [1.29, 1.82) is 0 Å². The number of hydrogen-bond donors (Lipinski definition) is 1. The number of morpholine rings is 1. The molecule has 0 saturated carbocycles. The standard InChI is InChI=1S/C20H24N2O3/c1-16(22-11-13-24-14-12-22)20(23)21-18-7-9-19(10-8-18)25-15-17-5-3-2-4-6-17/h2-10,16H,11-15H2,1H3,(H,21,23)/t16-/m1/s1. The Labute approximate surface area is 148 Å². The number of nitrogens with one attached hydrogen (secondary N) is 1. The molecule has 1 aliphatic heterocycles. The van der Waals surface area contributed by atoms with E-state index >= 15 is 0 Å². The van der Waals surface area contributed by atoms with Crippen LogP contribution in [0, 0.1) is 0 Å². The van der Waals surface area contributed by atoms with Gasteiger partial charge in [-0.15, -0.1) is 0 Å². The highest BCUT2D eigenvalue weighted by Gasteiger charge is 2.23. The van der Waals surface area contributed by atoms with Gasteiger partial charge in [0.25, 0.3) is 0 Å². The van der Waals surface area contributed by atoms with Gasteiger partial charge in [0.2, 0.25) is 5.91 Å². The van der Waals surface area contributed by atoms with Crippen LogP contribution in [0.1, 0.15) is 12.5 Å². The Balaban J connectivity index is 1.50. The zero-order chi connectivity index (χ0) is 17.5. The van der Waals surface area contributed by atoms with Crippen LogP contribution in [0.4, 0.5) is 5.69 Å². The summed E-state index contributed by atoms with van der Waals surface area (Å²) in [5.74, 6) is 0.780. The minimum absolute atomic E-state index is 0.000135. The van der Waals surface area contributed by atoms with Crippen molar-refractivity contribution < 1.29 is 14.3 Å². The smallest absolute Gasteiger partial charge is 0.241 e. The number of carbonyl (C=O) groups is 1. The molecule has 132 valence electrons. The fourth-order valence-electron chi connectivity index (χ4n) is 2.75. The normalized spacial score (nSPS) is 16.2. The highest BCUT2D eigenvalue weighted by Crippen LogP contribution is 2.18. The van der Waals surface area contributed by atoms with Crippen molar-refractivity contribution in [3.63, 3.8) is 0 Å². The molecule has 1 aliphatic rings. The van der Waals surface area contributed by atoms with Gasteiger partial charge in [-0.05, 0) is 36.8 Å². The first-order valence-electron chi connectivity index (χ1n) is 8.62. The second-order valence-electron chi connectivity index (χ2n) is 6.11. The second kappa shape index (κ2) is 8.65. The Bertz CT molecular complexity index is 667. The summed E-state index contributed by atoms with van der Waals surface area (Å²) in [6.45, 7) is 5.41. The summed E-state index contributed by atoms with van der Waals surface area (Å²) < 4.78 is 11.1. The summed E-state index contributed by atoms with van der Waals surface area (Å²) in [5, 5.41) is 2.96. The number of amides is 1. The fourth-order valence-corrected chi connectivity index (χ4v) is 2.75. The Morgan fingerprint density at radius 2 is 1.80 bits per heavy atom. The van der Waals surface area contributed by atoms with Crippen molar-refractivity contribution >= 4 is 11.6 Å². The lowest BCUT2D eigenvalue weighted by Crippen LogP contribution is -2.47. The monoisotopic (exact) mass is 340 g/mol. The third-order valence-corrected chi connectivity index (χ3v) is 4.34. The third-order valence-electron chi connectivity index (χ3n) is 4.34. The molecule has 0 radical (unpaired) electrons. The van der Waals surface area contributed by atoms with Crippen molar-refractivity contribution in [2.45, 2.75) is 19.6 Å². The van der Waals surface area contributed by atoms with E-state index in [4.69, 9.17) is 9.47 Å². The number of nitrogens with zero attached hydrogens (tertiary/aromatic N) is 1. The molecule has 1 saturated heterocycles. The molecule has 5 nitrogen and oxygen atoms in total. The molecule has 2 aromatic rings. The number of carbonyl (C=O) groups excluding carboxylic acids is 1. The van der Waals surface area contributed by atoms with Gasteiger partial charge in [0.05, 0.1) is 19.3 Å². The minimum Gasteiger partial charge on any atom is -0.489 e. The zero-order valence-electron chi connectivity index (χ0n) is 14.5. The van der Waals surface area contributed by atoms with Gasteiger partial charge in [-0.25, -0.2) is 0 Å². The molecule has 0 aliphatic carbocycles. The van der Waals surface area contributed by atoms with Gasteiger partial charge in [-0.2, -0.15) is 0 Å². The van der Waals surface area contributed by atoms with Crippen LogP contribution in [0.3, 0.4) is 0 Å². The summed E-state index contributed by atoms with van der Waals surface area (Å²) in [6, 6.07) is 17.3. The highest BCUT2D eigenvalue weighted by atomic mass is 16.5. The SMILES string of the molecule is C[C@H](C(=O)Nc1ccc(OCc2ccccc2)cc1)N1CCOCC1. The Kier molecular flexibility index (Phi) is 6.04. The van der Waals surface area contributed by atoms with E-state index in [1.807, 2.05) is 61.5 Å². The molecular weight excluding hydrogens is 316 g/mol. The first-order valence-corrected chi connectivity index (χ1v) is 8.62. The van der Waals surface area contributed by atoms with E-state index in [0.717, 1.165) is 30.1 Å². The van der Waals surface area contributed by atoms with Gasteiger partial charge in [0, 0.05) is 18.8 Å². The molecule has 0 unspecified atom stereocenters. The number of rotatable bonds is 6. The maximum absolute atomic E-state index is 12.4. The molecule has 1 fully saturated rings. The average Bonchev–Trinajstić information content (AvgIpc) is 2.68. The number of hydrogen-bond acceptors (Lipinski definition) is 4. The molecule has 2 aromatic carbocycles. The molecule has 1 N–H and O–H groups in total. The molecule has 1 atom stereocenters. The van der Waals surface area contributed by atoms with Crippen LogP contribution in [0.15, 0.2) is 54.6 Å². The van der Waals surface area contributed by atoms with E-state index < -0.39 is 0 Å². The maximum atomic E-state index is 12.4. The van der Waals surface area contributed by atoms with Gasteiger partial charge in [-0.1, -0.05) is 30.3 Å². The largest absolute Gasteiger partial charge is 0.489 e. The lowest BCUT2D eigenvalue weighted by atomic mass is 10.2. The summed E-state index contributed by atoms with van der Waals surface area (Å²) in [5.41, 5.74) is 1.90. The van der Waals surface area contributed by atoms with Crippen LogP contribution in [0.2, 0.25) is 0 Å². The van der Waals surface area contributed by atoms with Crippen molar-refractivity contribution in [1.82, 2.24) is 4.90 Å². The summed E-state index contributed by atoms with van der Waals surface area (Å²) in [7, 11) is 0. The number of benzene rings is 2. The van der Waals surface area contributed by atoms with Crippen LogP contribution in [0.25, 0.3) is 0 Å². The molecule has 0 bridgehead atoms. The first-order chi connectivity index (χ1) is 12.2. The first kappa shape index (κ1) is 17.5. The molecule has 1 heterocycles. The van der Waals surface area contributed by atoms with Gasteiger partial charge >= 0.3 is 0 Å². The van der Waals surface area contributed by atoms with Crippen molar-refractivity contribution in [2.24, 2.45) is 0 Å². The number of ether oxygens (including phenoxy) is 2. The predicted octanol–water partition coefficient (Wildman–Crippen LogP) is 2.92. The highest BCUT2D eigenvalue weighted by molar-refractivity contribution is 5.94. The maximum Gasteiger partial charge on any atom is 0.241 e. The van der Waals surface area contributed by atoms with E-state index in [0.29, 0.717) is 19.8 Å². The molecule has 0 spiro atoms. The summed E-state index contributed by atoms with van der Waals surface area (Å²) in [4.78, 5) is 14.5. The van der Waals surface area contributed by atoms with Crippen LogP contribution < -0.4 is 10.1 Å². The van der Waals surface area contributed by atoms with Crippen molar-refractivity contribution in [3.8, 4) is 5.75 Å². The molecule has 25 heavy (non-hydrogen) atoms. The molecule has 5 heteroatoms. The van der Waals surface area contributed by atoms with Crippen molar-refractivity contribution in [2.75, 3.05) is 31.6 Å². The van der Waals surface area contributed by atoms with Crippen molar-refractivity contribution in [3.05, 3.63) is 60.2 Å². The second-order valence-corrected chi connectivity index (χ2v) is 6.11. The third kappa shape index (κ3) is 5.05. The molecule has 1 amide bonds. The van der Waals surface area contributed by atoms with E-state index in [-0.39, 0.29) is 11.9 Å². The molecule has 3 rings (SSSR count). The van der Waals surface area contributed by atoms with E-state index in [1.165, 1.54) is 0 Å². The average molecular weight is 340 g/mol. The van der Waals surface area contributed by atoms with Gasteiger partial charge in [0.15, 0.2) is 0 Å². The quantitative estimate of drug-likeness (QED) is 0.878. The van der Waals surface area contributed by atoms with E-state index in [9.17, 15) is 4.79 Å². The fraction of sp³-hybridized carbons (Fsp3) is 0.350. The summed E-state index contributed by atoms with van der Waals surface area (Å²) in [6.07, 6.45) is 0. The predicted molar refractivity (Wildman–Crippen MR) is 97.7 cm³/mol. The Morgan fingerprint density at radius 1 is 1.12 bits per heavy atom. The van der Waals surface area contributed by atoms with Crippen LogP contribution >= 0.6 is 0 Å². The zero-order valence-corrected chi connectivity index (χ0v) is 14.5. The lowest BCUT2D eigenvalue weighted by molar-refractivity contribution is -0.122. The van der Waals surface area contributed by atoms with Gasteiger partial charge in [0.1, 0.15) is 12.4 Å². The Morgan fingerprint density at radius 3 is 2.48 bits per heavy atom. The van der Waals surface area contributed by atoms with Gasteiger partial charge in [-0.3, -0.25) is 9.69 Å². The topological polar surface area (TPSA) is 50.8 Å². The van der Waals surface area contributed by atoms with Gasteiger partial charge < -0.3 is 14.8 Å². The van der Waals surface area contributed by atoms with Crippen LogP contribution in [-0.4, -0.2) is 43.2 Å².